The van der Waals surface area contributed by atoms with Gasteiger partial charge in [0.25, 0.3) is 0 Å². The number of carboxylic acid groups (broad SMARTS) is 1. The van der Waals surface area contributed by atoms with Crippen molar-refractivity contribution in [3.63, 3.8) is 0 Å². The molecule has 0 aromatic heterocycles. The van der Waals surface area contributed by atoms with Crippen LogP contribution in [0.1, 0.15) is 59.3 Å². The van der Waals surface area contributed by atoms with Crippen LogP contribution in [-0.2, 0) is 38.1 Å². The lowest BCUT2D eigenvalue weighted by atomic mass is 10.0. The van der Waals surface area contributed by atoms with Gasteiger partial charge in [0.15, 0.2) is 6.10 Å². The number of hydrogen-bond acceptors (Lipinski definition) is 9. The van der Waals surface area contributed by atoms with E-state index in [1.807, 2.05) is 0 Å². The third kappa shape index (κ3) is 9.83. The fraction of sp³-hybridized carbons (Fsp3) is 0.583. The van der Waals surface area contributed by atoms with Crippen LogP contribution in [0, 0.1) is 0 Å². The van der Waals surface area contributed by atoms with Gasteiger partial charge in [-0.05, 0) is 32.3 Å². The molecule has 2 rings (SSSR count). The number of fused-ring (bicyclic) bond motifs is 2. The molecule has 35 heavy (non-hydrogen) atoms. The Hall–Kier alpha value is -2.69. The van der Waals surface area contributed by atoms with Crippen LogP contribution < -0.4 is 0 Å². The highest BCUT2D eigenvalue weighted by molar-refractivity contribution is 6.29. The summed E-state index contributed by atoms with van der Waals surface area (Å²) < 4.78 is 22.0. The Morgan fingerprint density at radius 1 is 1.23 bits per heavy atom. The highest BCUT2D eigenvalue weighted by atomic mass is 35.5. The first-order valence-corrected chi connectivity index (χ1v) is 11.6. The van der Waals surface area contributed by atoms with E-state index in [9.17, 15) is 24.3 Å². The van der Waals surface area contributed by atoms with Gasteiger partial charge in [-0.25, -0.2) is 0 Å². The van der Waals surface area contributed by atoms with Gasteiger partial charge in [0.05, 0.1) is 18.9 Å². The zero-order valence-corrected chi connectivity index (χ0v) is 20.7. The van der Waals surface area contributed by atoms with Gasteiger partial charge < -0.3 is 29.2 Å². The molecule has 0 amide bonds. The number of allylic oxidation sites excluding steroid dienone is 3. The molecule has 2 heterocycles. The van der Waals surface area contributed by atoms with Gasteiger partial charge in [0.1, 0.15) is 24.1 Å². The first kappa shape index (κ1) is 28.5. The number of esters is 3. The fourth-order valence-corrected chi connectivity index (χ4v) is 4.12. The molecule has 0 saturated carbocycles. The van der Waals surface area contributed by atoms with E-state index in [1.165, 1.54) is 19.1 Å². The number of aliphatic carboxylic acids is 1. The molecule has 0 aromatic carbocycles. The number of aliphatic hydroxyl groups is 1. The summed E-state index contributed by atoms with van der Waals surface area (Å²) in [5, 5.41) is 20.2. The second kappa shape index (κ2) is 13.4. The molecule has 2 aliphatic heterocycles. The Bertz CT molecular complexity index is 906. The van der Waals surface area contributed by atoms with Crippen molar-refractivity contribution >= 4 is 35.5 Å². The molecule has 10 nitrogen and oxygen atoms in total. The Morgan fingerprint density at radius 3 is 2.57 bits per heavy atom. The van der Waals surface area contributed by atoms with Gasteiger partial charge in [0, 0.05) is 25.3 Å². The molecule has 2 bridgehead atoms. The van der Waals surface area contributed by atoms with Crippen LogP contribution in [0.3, 0.4) is 0 Å². The second-order valence-corrected chi connectivity index (χ2v) is 8.97. The Kier molecular flexibility index (Phi) is 10.9. The van der Waals surface area contributed by atoms with Crippen molar-refractivity contribution in [2.45, 2.75) is 89.8 Å². The van der Waals surface area contributed by atoms with E-state index in [0.29, 0.717) is 23.4 Å². The third-order valence-corrected chi connectivity index (χ3v) is 5.66. The number of aliphatic hydroxyl groups excluding tert-OH is 1. The van der Waals surface area contributed by atoms with E-state index < -0.39 is 54.7 Å². The SMILES string of the molecule is CC(=O)O/C1=C/C/C=C(/Cl)CC[C@@H]2C[C@@H](OC(=O)CC1OC(C)=O)[C@@H]([C@H](O)/C=C(\C)CC(=O)O)O2. The van der Waals surface area contributed by atoms with Crippen molar-refractivity contribution in [2.24, 2.45) is 0 Å². The summed E-state index contributed by atoms with van der Waals surface area (Å²) in [4.78, 5) is 47.0. The van der Waals surface area contributed by atoms with Gasteiger partial charge in [-0.2, -0.15) is 0 Å². The predicted molar refractivity (Wildman–Crippen MR) is 123 cm³/mol. The van der Waals surface area contributed by atoms with Gasteiger partial charge in [0.2, 0.25) is 0 Å². The number of halogens is 1. The summed E-state index contributed by atoms with van der Waals surface area (Å²) in [5.74, 6) is -3.16. The predicted octanol–water partition coefficient (Wildman–Crippen LogP) is 2.91. The van der Waals surface area contributed by atoms with Crippen LogP contribution in [0.5, 0.6) is 0 Å². The summed E-state index contributed by atoms with van der Waals surface area (Å²) in [6.45, 7) is 3.91. The maximum atomic E-state index is 12.8. The van der Waals surface area contributed by atoms with E-state index >= 15 is 0 Å². The number of ether oxygens (including phenoxy) is 4. The molecule has 11 heteroatoms. The van der Waals surface area contributed by atoms with Crippen molar-refractivity contribution in [3.05, 3.63) is 34.6 Å². The largest absolute Gasteiger partial charge is 0.481 e. The van der Waals surface area contributed by atoms with E-state index in [2.05, 4.69) is 0 Å². The average molecular weight is 515 g/mol. The van der Waals surface area contributed by atoms with Gasteiger partial charge in [-0.1, -0.05) is 29.3 Å². The molecule has 5 atom stereocenters. The van der Waals surface area contributed by atoms with E-state index in [4.69, 9.17) is 35.7 Å². The zero-order valence-electron chi connectivity index (χ0n) is 19.9. The summed E-state index contributed by atoms with van der Waals surface area (Å²) in [7, 11) is 0. The fourth-order valence-electron chi connectivity index (χ4n) is 3.92. The molecule has 0 aliphatic carbocycles. The van der Waals surface area contributed by atoms with Crippen LogP contribution in [0.4, 0.5) is 0 Å². The van der Waals surface area contributed by atoms with Gasteiger partial charge in [-0.3, -0.25) is 19.2 Å². The number of carboxylic acids is 1. The smallest absolute Gasteiger partial charge is 0.310 e. The lowest BCUT2D eigenvalue weighted by molar-refractivity contribution is -0.162. The monoisotopic (exact) mass is 514 g/mol. The molecule has 1 unspecified atom stereocenters. The molecule has 2 aliphatic rings. The van der Waals surface area contributed by atoms with E-state index in [1.54, 1.807) is 13.0 Å². The molecule has 1 fully saturated rings. The molecule has 2 N–H and O–H groups in total. The normalized spacial score (nSPS) is 30.0. The molecule has 194 valence electrons. The average Bonchev–Trinajstić information content (AvgIpc) is 3.11. The summed E-state index contributed by atoms with van der Waals surface area (Å²) in [5.41, 5.74) is 0.421. The van der Waals surface area contributed by atoms with Crippen LogP contribution >= 0.6 is 11.6 Å². The van der Waals surface area contributed by atoms with Crippen molar-refractivity contribution in [2.75, 3.05) is 0 Å². The number of rotatable bonds is 6. The maximum absolute atomic E-state index is 12.8. The lowest BCUT2D eigenvalue weighted by Crippen LogP contribution is -2.37. The highest BCUT2D eigenvalue weighted by Gasteiger charge is 2.42. The van der Waals surface area contributed by atoms with E-state index in [0.717, 1.165) is 6.92 Å². The quantitative estimate of drug-likeness (QED) is 0.308. The first-order valence-electron chi connectivity index (χ1n) is 11.3. The van der Waals surface area contributed by atoms with Crippen LogP contribution in [-0.4, -0.2) is 64.6 Å². The molecule has 0 spiro atoms. The minimum atomic E-state index is -1.22. The van der Waals surface area contributed by atoms with Crippen molar-refractivity contribution in [3.8, 4) is 0 Å². The molecule has 1 saturated heterocycles. The number of carbonyl (C=O) groups excluding carboxylic acids is 3. The highest BCUT2D eigenvalue weighted by Crippen LogP contribution is 2.32. The van der Waals surface area contributed by atoms with Crippen molar-refractivity contribution < 1.29 is 48.3 Å². The number of carbonyl (C=O) groups is 4. The first-order chi connectivity index (χ1) is 16.4. The minimum absolute atomic E-state index is 0.0215. The van der Waals surface area contributed by atoms with Crippen LogP contribution in [0.25, 0.3) is 0 Å². The second-order valence-electron chi connectivity index (χ2n) is 8.49. The Balaban J connectivity index is 2.33. The van der Waals surface area contributed by atoms with Gasteiger partial charge in [-0.15, -0.1) is 0 Å². The lowest BCUT2D eigenvalue weighted by Gasteiger charge is -2.24. The van der Waals surface area contributed by atoms with Gasteiger partial charge >= 0.3 is 23.9 Å². The molecular formula is C24H31ClO10. The minimum Gasteiger partial charge on any atom is -0.481 e. The summed E-state index contributed by atoms with van der Waals surface area (Å²) in [6.07, 6.45) is 0.812. The molecular weight excluding hydrogens is 484 g/mol. The number of hydrogen-bond donors (Lipinski definition) is 2. The molecule has 0 aromatic rings. The third-order valence-electron chi connectivity index (χ3n) is 5.32. The Labute approximate surface area is 208 Å². The van der Waals surface area contributed by atoms with Crippen LogP contribution in [0.2, 0.25) is 0 Å². The topological polar surface area (TPSA) is 146 Å². The maximum Gasteiger partial charge on any atom is 0.310 e. The van der Waals surface area contributed by atoms with Crippen LogP contribution in [0.15, 0.2) is 34.6 Å². The summed E-state index contributed by atoms with van der Waals surface area (Å²) >= 11 is 6.32. The molecule has 0 radical (unpaired) electrons. The Morgan fingerprint density at radius 2 is 1.94 bits per heavy atom. The van der Waals surface area contributed by atoms with Crippen molar-refractivity contribution in [1.82, 2.24) is 0 Å². The van der Waals surface area contributed by atoms with E-state index in [-0.39, 0.29) is 31.1 Å². The summed E-state index contributed by atoms with van der Waals surface area (Å²) in [6, 6.07) is 0. The zero-order chi connectivity index (χ0) is 26.1. The standard InChI is InChI=1S/C24H31ClO10/c1-13(10-22(29)30)9-18(28)24-21-11-17(34-24)8-7-16(25)5-4-6-19(32-14(2)26)20(33-15(3)27)12-23(31)35-21/h5-6,9,17-18,20-21,24,28H,4,7-8,10-12H2,1-3H3,(H,29,30)/b13-9+,16-5+,19-6+/t17-,18-,20?,21-,24-/m1/s1. The van der Waals surface area contributed by atoms with Crippen molar-refractivity contribution in [1.29, 1.82) is 0 Å².